The summed E-state index contributed by atoms with van der Waals surface area (Å²) in [4.78, 5) is 1.24. The first-order chi connectivity index (χ1) is 8.76. The van der Waals surface area contributed by atoms with E-state index >= 15 is 0 Å². The molecule has 1 aromatic carbocycles. The van der Waals surface area contributed by atoms with Crippen molar-refractivity contribution >= 4 is 22.7 Å². The van der Waals surface area contributed by atoms with Gasteiger partial charge in [0.15, 0.2) is 0 Å². The molecule has 0 unspecified atom stereocenters. The normalized spacial score (nSPS) is 10.6. The molecule has 4 heteroatoms. The van der Waals surface area contributed by atoms with Crippen LogP contribution in [0, 0.1) is 0 Å². The zero-order chi connectivity index (χ0) is 13.0. The SMILES string of the molecule is CNc1cc(N)cc(-c2cccs2)c1CCOC. The van der Waals surface area contributed by atoms with Crippen LogP contribution >= 0.6 is 11.3 Å². The topological polar surface area (TPSA) is 47.3 Å². The van der Waals surface area contributed by atoms with Crippen LogP contribution in [-0.2, 0) is 11.2 Å². The third-order valence-corrected chi connectivity index (χ3v) is 3.79. The number of nitrogens with two attached hydrogens (primary N) is 1. The molecular formula is C14H18N2OS. The third kappa shape index (κ3) is 2.66. The Balaban J connectivity index is 2.51. The Labute approximate surface area is 112 Å². The number of anilines is 2. The van der Waals surface area contributed by atoms with E-state index in [4.69, 9.17) is 10.5 Å². The minimum Gasteiger partial charge on any atom is -0.399 e. The van der Waals surface area contributed by atoms with E-state index < -0.39 is 0 Å². The molecule has 2 rings (SSSR count). The summed E-state index contributed by atoms with van der Waals surface area (Å²) < 4.78 is 5.19. The Morgan fingerprint density at radius 3 is 2.83 bits per heavy atom. The van der Waals surface area contributed by atoms with Gasteiger partial charge in [0, 0.05) is 30.4 Å². The fraction of sp³-hybridized carbons (Fsp3) is 0.286. The van der Waals surface area contributed by atoms with Crippen molar-refractivity contribution in [2.24, 2.45) is 0 Å². The van der Waals surface area contributed by atoms with E-state index in [1.54, 1.807) is 18.4 Å². The summed E-state index contributed by atoms with van der Waals surface area (Å²) in [7, 11) is 3.64. The molecule has 0 saturated carbocycles. The number of hydrogen-bond donors (Lipinski definition) is 2. The first kappa shape index (κ1) is 12.9. The summed E-state index contributed by atoms with van der Waals surface area (Å²) in [5.74, 6) is 0. The Kier molecular flexibility index (Phi) is 4.23. The first-order valence-electron chi connectivity index (χ1n) is 5.89. The van der Waals surface area contributed by atoms with Gasteiger partial charge in [0.1, 0.15) is 0 Å². The molecule has 0 amide bonds. The lowest BCUT2D eigenvalue weighted by atomic mass is 10.00. The number of hydrogen-bond acceptors (Lipinski definition) is 4. The summed E-state index contributed by atoms with van der Waals surface area (Å²) in [6, 6.07) is 8.19. The third-order valence-electron chi connectivity index (χ3n) is 2.88. The molecule has 3 nitrogen and oxygen atoms in total. The van der Waals surface area contributed by atoms with Crippen LogP contribution in [0.25, 0.3) is 10.4 Å². The highest BCUT2D eigenvalue weighted by atomic mass is 32.1. The zero-order valence-electron chi connectivity index (χ0n) is 10.7. The van der Waals surface area contributed by atoms with Gasteiger partial charge < -0.3 is 15.8 Å². The minimum absolute atomic E-state index is 0.705. The highest BCUT2D eigenvalue weighted by Crippen LogP contribution is 2.34. The average molecular weight is 262 g/mol. The fourth-order valence-electron chi connectivity index (χ4n) is 2.04. The second-order valence-corrected chi connectivity index (χ2v) is 5.01. The van der Waals surface area contributed by atoms with Crippen LogP contribution in [0.2, 0.25) is 0 Å². The summed E-state index contributed by atoms with van der Waals surface area (Å²) in [5, 5.41) is 5.30. The van der Waals surface area contributed by atoms with E-state index in [0.29, 0.717) is 6.61 Å². The van der Waals surface area contributed by atoms with Gasteiger partial charge in [-0.15, -0.1) is 11.3 Å². The number of rotatable bonds is 5. The maximum atomic E-state index is 5.97. The molecule has 0 aliphatic heterocycles. The standard InChI is InChI=1S/C14H18N2OS/c1-16-13-9-10(15)8-12(11(13)5-6-17-2)14-4-3-7-18-14/h3-4,7-9,16H,5-6,15H2,1-2H3. The molecule has 3 N–H and O–H groups in total. The van der Waals surface area contributed by atoms with Crippen molar-refractivity contribution < 1.29 is 4.74 Å². The van der Waals surface area contributed by atoms with Gasteiger partial charge in [-0.3, -0.25) is 0 Å². The zero-order valence-corrected chi connectivity index (χ0v) is 11.5. The Bertz CT molecular complexity index is 509. The number of nitrogen functional groups attached to an aromatic ring is 1. The molecule has 0 fully saturated rings. The van der Waals surface area contributed by atoms with Gasteiger partial charge >= 0.3 is 0 Å². The summed E-state index contributed by atoms with van der Waals surface area (Å²) >= 11 is 1.73. The van der Waals surface area contributed by atoms with Crippen LogP contribution in [0.5, 0.6) is 0 Å². The van der Waals surface area contributed by atoms with E-state index in [2.05, 4.69) is 22.8 Å². The molecule has 96 valence electrons. The lowest BCUT2D eigenvalue weighted by molar-refractivity contribution is 0.202. The molecule has 0 aliphatic rings. The average Bonchev–Trinajstić information content (AvgIpc) is 2.90. The van der Waals surface area contributed by atoms with Crippen LogP contribution in [0.4, 0.5) is 11.4 Å². The minimum atomic E-state index is 0.705. The van der Waals surface area contributed by atoms with Gasteiger partial charge in [0.25, 0.3) is 0 Å². The van der Waals surface area contributed by atoms with Crippen LogP contribution < -0.4 is 11.1 Å². The van der Waals surface area contributed by atoms with Crippen LogP contribution in [0.15, 0.2) is 29.6 Å². The lowest BCUT2D eigenvalue weighted by Crippen LogP contribution is -2.03. The van der Waals surface area contributed by atoms with Crippen molar-refractivity contribution in [3.05, 3.63) is 35.2 Å². The first-order valence-corrected chi connectivity index (χ1v) is 6.77. The van der Waals surface area contributed by atoms with E-state index in [1.165, 1.54) is 16.0 Å². The molecule has 18 heavy (non-hydrogen) atoms. The van der Waals surface area contributed by atoms with Gasteiger partial charge in [-0.1, -0.05) is 6.07 Å². The maximum absolute atomic E-state index is 5.97. The number of nitrogens with one attached hydrogen (secondary N) is 1. The fourth-order valence-corrected chi connectivity index (χ4v) is 2.81. The molecule has 0 spiro atoms. The Hall–Kier alpha value is -1.52. The highest BCUT2D eigenvalue weighted by Gasteiger charge is 2.11. The number of ether oxygens (including phenoxy) is 1. The quantitative estimate of drug-likeness (QED) is 0.813. The van der Waals surface area contributed by atoms with E-state index in [0.717, 1.165) is 17.8 Å². The smallest absolute Gasteiger partial charge is 0.0503 e. The highest BCUT2D eigenvalue weighted by molar-refractivity contribution is 7.13. The predicted octanol–water partition coefficient (Wildman–Crippen LogP) is 3.23. The van der Waals surface area contributed by atoms with Gasteiger partial charge in [-0.2, -0.15) is 0 Å². The molecule has 2 aromatic rings. The van der Waals surface area contributed by atoms with Crippen molar-refractivity contribution in [2.75, 3.05) is 31.8 Å². The van der Waals surface area contributed by atoms with E-state index in [-0.39, 0.29) is 0 Å². The van der Waals surface area contributed by atoms with Crippen LogP contribution in [0.3, 0.4) is 0 Å². The molecule has 1 heterocycles. The van der Waals surface area contributed by atoms with Crippen molar-refractivity contribution in [3.8, 4) is 10.4 Å². The molecule has 0 radical (unpaired) electrons. The number of methoxy groups -OCH3 is 1. The van der Waals surface area contributed by atoms with Gasteiger partial charge in [-0.25, -0.2) is 0 Å². The summed E-state index contributed by atoms with van der Waals surface area (Å²) in [6.07, 6.45) is 0.875. The molecular weight excluding hydrogens is 244 g/mol. The van der Waals surface area contributed by atoms with Crippen molar-refractivity contribution in [2.45, 2.75) is 6.42 Å². The number of benzene rings is 1. The molecule has 0 aliphatic carbocycles. The summed E-state index contributed by atoms with van der Waals surface area (Å²) in [6.45, 7) is 0.705. The van der Waals surface area contributed by atoms with Crippen molar-refractivity contribution in [3.63, 3.8) is 0 Å². The van der Waals surface area contributed by atoms with Crippen LogP contribution in [-0.4, -0.2) is 20.8 Å². The molecule has 0 bridgehead atoms. The second-order valence-electron chi connectivity index (χ2n) is 4.06. The second kappa shape index (κ2) is 5.89. The van der Waals surface area contributed by atoms with Crippen molar-refractivity contribution in [1.29, 1.82) is 0 Å². The van der Waals surface area contributed by atoms with E-state index in [9.17, 15) is 0 Å². The largest absolute Gasteiger partial charge is 0.399 e. The molecule has 0 saturated heterocycles. The predicted molar refractivity (Wildman–Crippen MR) is 79.3 cm³/mol. The lowest BCUT2D eigenvalue weighted by Gasteiger charge is -2.15. The van der Waals surface area contributed by atoms with Crippen LogP contribution in [0.1, 0.15) is 5.56 Å². The Morgan fingerprint density at radius 2 is 2.22 bits per heavy atom. The Morgan fingerprint density at radius 1 is 1.39 bits per heavy atom. The van der Waals surface area contributed by atoms with Gasteiger partial charge in [-0.05, 0) is 41.1 Å². The summed E-state index contributed by atoms with van der Waals surface area (Å²) in [5.41, 5.74) is 10.3. The monoisotopic (exact) mass is 262 g/mol. The number of thiophene rings is 1. The molecule has 1 aromatic heterocycles. The van der Waals surface area contributed by atoms with E-state index in [1.807, 2.05) is 19.2 Å². The van der Waals surface area contributed by atoms with Gasteiger partial charge in [0.05, 0.1) is 6.61 Å². The maximum Gasteiger partial charge on any atom is 0.0503 e. The van der Waals surface area contributed by atoms with Gasteiger partial charge in [0.2, 0.25) is 0 Å². The molecule has 0 atom stereocenters. The van der Waals surface area contributed by atoms with Crippen molar-refractivity contribution in [1.82, 2.24) is 0 Å².